The van der Waals surface area contributed by atoms with Crippen molar-refractivity contribution in [2.24, 2.45) is 5.41 Å². The van der Waals surface area contributed by atoms with Gasteiger partial charge in [-0.25, -0.2) is 4.79 Å². The van der Waals surface area contributed by atoms with E-state index in [1.807, 2.05) is 50.2 Å². The van der Waals surface area contributed by atoms with E-state index < -0.39 is 5.41 Å². The van der Waals surface area contributed by atoms with Gasteiger partial charge in [0.1, 0.15) is 5.75 Å². The largest absolute Gasteiger partial charge is 0.497 e. The summed E-state index contributed by atoms with van der Waals surface area (Å²) in [6.07, 6.45) is 1.22. The number of carbonyl (C=O) groups excluding carboxylic acids is 2. The summed E-state index contributed by atoms with van der Waals surface area (Å²) >= 11 is 6.21. The number of likely N-dealkylation sites (tertiary alicyclic amines) is 1. The van der Waals surface area contributed by atoms with Crippen molar-refractivity contribution in [1.82, 2.24) is 10.2 Å². The maximum absolute atomic E-state index is 12.8. The molecule has 1 aliphatic rings. The smallest absolute Gasteiger partial charge is 0.321 e. The number of urea groups is 1. The van der Waals surface area contributed by atoms with Crippen LogP contribution in [0.5, 0.6) is 5.75 Å². The number of nitrogens with one attached hydrogen (secondary N) is 2. The number of nitrogens with zero attached hydrogens (tertiary/aromatic N) is 1. The molecule has 0 atom stereocenters. The Balaban J connectivity index is 1.51. The Labute approximate surface area is 182 Å². The van der Waals surface area contributed by atoms with E-state index in [4.69, 9.17) is 16.3 Å². The number of halogens is 1. The Hall–Kier alpha value is -2.73. The van der Waals surface area contributed by atoms with Crippen LogP contribution in [0.15, 0.2) is 42.5 Å². The Bertz CT molecular complexity index is 906. The van der Waals surface area contributed by atoms with E-state index in [-0.39, 0.29) is 11.9 Å². The molecular weight excluding hydrogens is 402 g/mol. The Morgan fingerprint density at radius 3 is 2.40 bits per heavy atom. The second-order valence-electron chi connectivity index (χ2n) is 7.99. The first-order valence-electron chi connectivity index (χ1n) is 10.0. The first-order chi connectivity index (χ1) is 14.3. The van der Waals surface area contributed by atoms with Crippen LogP contribution >= 0.6 is 11.6 Å². The monoisotopic (exact) mass is 429 g/mol. The summed E-state index contributed by atoms with van der Waals surface area (Å²) in [4.78, 5) is 27.1. The fourth-order valence-corrected chi connectivity index (χ4v) is 3.77. The minimum absolute atomic E-state index is 0.0138. The van der Waals surface area contributed by atoms with Gasteiger partial charge in [0, 0.05) is 25.0 Å². The lowest BCUT2D eigenvalue weighted by Gasteiger charge is -2.38. The van der Waals surface area contributed by atoms with Crippen LogP contribution in [0.1, 0.15) is 30.9 Å². The molecule has 1 saturated heterocycles. The van der Waals surface area contributed by atoms with Crippen molar-refractivity contribution >= 4 is 29.2 Å². The van der Waals surface area contributed by atoms with E-state index in [1.165, 1.54) is 0 Å². The number of rotatable bonds is 5. The van der Waals surface area contributed by atoms with Gasteiger partial charge in [0.25, 0.3) is 0 Å². The molecule has 1 aliphatic heterocycles. The molecule has 30 heavy (non-hydrogen) atoms. The number of hydrogen-bond donors (Lipinski definition) is 2. The number of anilines is 1. The third-order valence-corrected chi connectivity index (χ3v) is 5.99. The minimum Gasteiger partial charge on any atom is -0.497 e. The number of piperidine rings is 1. The Morgan fingerprint density at radius 1 is 1.13 bits per heavy atom. The number of hydrogen-bond acceptors (Lipinski definition) is 3. The molecule has 0 aliphatic carbocycles. The number of methoxy groups -OCH3 is 1. The van der Waals surface area contributed by atoms with Gasteiger partial charge in [0.2, 0.25) is 5.91 Å². The predicted molar refractivity (Wildman–Crippen MR) is 119 cm³/mol. The van der Waals surface area contributed by atoms with Crippen LogP contribution in [-0.2, 0) is 11.3 Å². The summed E-state index contributed by atoms with van der Waals surface area (Å²) in [5.41, 5.74) is 2.15. The zero-order chi connectivity index (χ0) is 21.7. The van der Waals surface area contributed by atoms with Crippen LogP contribution in [0, 0.1) is 12.3 Å². The lowest BCUT2D eigenvalue weighted by Crippen LogP contribution is -2.49. The number of amides is 3. The van der Waals surface area contributed by atoms with E-state index in [2.05, 4.69) is 10.6 Å². The second-order valence-corrected chi connectivity index (χ2v) is 8.40. The average molecular weight is 430 g/mol. The first kappa shape index (κ1) is 22.0. The molecule has 0 unspecified atom stereocenters. The molecule has 3 amide bonds. The molecule has 2 aromatic carbocycles. The number of benzene rings is 2. The summed E-state index contributed by atoms with van der Waals surface area (Å²) in [6.45, 7) is 5.41. The molecule has 0 saturated carbocycles. The van der Waals surface area contributed by atoms with E-state index >= 15 is 0 Å². The first-order valence-corrected chi connectivity index (χ1v) is 10.4. The molecule has 1 heterocycles. The van der Waals surface area contributed by atoms with Gasteiger partial charge in [-0.05, 0) is 55.2 Å². The number of aryl methyl sites for hydroxylation is 1. The fraction of sp³-hybridized carbons (Fsp3) is 0.391. The number of carbonyl (C=O) groups is 2. The van der Waals surface area contributed by atoms with Crippen molar-refractivity contribution in [3.8, 4) is 5.75 Å². The van der Waals surface area contributed by atoms with E-state index in [1.54, 1.807) is 18.1 Å². The minimum atomic E-state index is -0.495. The van der Waals surface area contributed by atoms with Crippen LogP contribution < -0.4 is 15.4 Å². The number of ether oxygens (including phenoxy) is 1. The molecule has 0 bridgehead atoms. The Kier molecular flexibility index (Phi) is 6.87. The SMILES string of the molecule is COc1ccc(CNC(=O)C2(C)CCN(C(=O)Nc3ccc(C)cc3Cl)CC2)cc1. The van der Waals surface area contributed by atoms with Crippen LogP contribution in [0.25, 0.3) is 0 Å². The molecule has 0 radical (unpaired) electrons. The van der Waals surface area contributed by atoms with Gasteiger partial charge < -0.3 is 20.3 Å². The maximum atomic E-state index is 12.8. The van der Waals surface area contributed by atoms with E-state index in [0.717, 1.165) is 16.9 Å². The van der Waals surface area contributed by atoms with Crippen molar-refractivity contribution in [1.29, 1.82) is 0 Å². The molecule has 7 heteroatoms. The van der Waals surface area contributed by atoms with E-state index in [0.29, 0.717) is 43.2 Å². The van der Waals surface area contributed by atoms with Gasteiger partial charge in [0.05, 0.1) is 17.8 Å². The molecule has 1 fully saturated rings. The van der Waals surface area contributed by atoms with Crippen molar-refractivity contribution in [3.63, 3.8) is 0 Å². The summed E-state index contributed by atoms with van der Waals surface area (Å²) in [6, 6.07) is 13.0. The third kappa shape index (κ3) is 5.25. The van der Waals surface area contributed by atoms with Crippen molar-refractivity contribution in [3.05, 3.63) is 58.6 Å². The van der Waals surface area contributed by atoms with Gasteiger partial charge in [-0.2, -0.15) is 0 Å². The molecule has 3 rings (SSSR count). The average Bonchev–Trinajstić information content (AvgIpc) is 2.74. The lowest BCUT2D eigenvalue weighted by atomic mass is 9.79. The molecule has 6 nitrogen and oxygen atoms in total. The van der Waals surface area contributed by atoms with Crippen LogP contribution in [0.4, 0.5) is 10.5 Å². The normalized spacial score (nSPS) is 15.4. The van der Waals surface area contributed by atoms with Gasteiger partial charge in [0.15, 0.2) is 0 Å². The molecule has 2 N–H and O–H groups in total. The molecule has 2 aromatic rings. The second kappa shape index (κ2) is 9.39. The highest BCUT2D eigenvalue weighted by atomic mass is 35.5. The highest BCUT2D eigenvalue weighted by Gasteiger charge is 2.38. The summed E-state index contributed by atoms with van der Waals surface area (Å²) in [5.74, 6) is 0.801. The predicted octanol–water partition coefficient (Wildman–Crippen LogP) is 4.61. The topological polar surface area (TPSA) is 70.7 Å². The van der Waals surface area contributed by atoms with Crippen LogP contribution in [-0.4, -0.2) is 37.0 Å². The van der Waals surface area contributed by atoms with E-state index in [9.17, 15) is 9.59 Å². The molecule has 0 spiro atoms. The quantitative estimate of drug-likeness (QED) is 0.729. The van der Waals surface area contributed by atoms with Gasteiger partial charge >= 0.3 is 6.03 Å². The summed E-state index contributed by atoms with van der Waals surface area (Å²) in [7, 11) is 1.62. The Morgan fingerprint density at radius 2 is 1.80 bits per heavy atom. The molecule has 0 aromatic heterocycles. The molecular formula is C23H28ClN3O3. The zero-order valence-electron chi connectivity index (χ0n) is 17.6. The lowest BCUT2D eigenvalue weighted by molar-refractivity contribution is -0.132. The van der Waals surface area contributed by atoms with Gasteiger partial charge in [-0.15, -0.1) is 0 Å². The summed E-state index contributed by atoms with van der Waals surface area (Å²) in [5, 5.41) is 6.41. The molecule has 160 valence electrons. The van der Waals surface area contributed by atoms with Crippen molar-refractivity contribution in [2.45, 2.75) is 33.2 Å². The zero-order valence-corrected chi connectivity index (χ0v) is 18.4. The summed E-state index contributed by atoms with van der Waals surface area (Å²) < 4.78 is 5.15. The van der Waals surface area contributed by atoms with Crippen LogP contribution in [0.2, 0.25) is 5.02 Å². The highest BCUT2D eigenvalue weighted by molar-refractivity contribution is 6.33. The van der Waals surface area contributed by atoms with Crippen molar-refractivity contribution < 1.29 is 14.3 Å². The van der Waals surface area contributed by atoms with Gasteiger partial charge in [-0.1, -0.05) is 36.7 Å². The third-order valence-electron chi connectivity index (χ3n) is 5.68. The highest BCUT2D eigenvalue weighted by Crippen LogP contribution is 2.32. The van der Waals surface area contributed by atoms with Crippen molar-refractivity contribution in [2.75, 3.05) is 25.5 Å². The van der Waals surface area contributed by atoms with Crippen LogP contribution in [0.3, 0.4) is 0 Å². The van der Waals surface area contributed by atoms with Gasteiger partial charge in [-0.3, -0.25) is 4.79 Å². The maximum Gasteiger partial charge on any atom is 0.321 e. The standard InChI is InChI=1S/C23H28ClN3O3/c1-16-4-9-20(19(24)14-16)26-22(29)27-12-10-23(2,11-13-27)21(28)25-15-17-5-7-18(30-3)8-6-17/h4-9,14H,10-13,15H2,1-3H3,(H,25,28)(H,26,29). The fourth-order valence-electron chi connectivity index (χ4n) is 3.49.